The minimum absolute atomic E-state index is 0.0695. The fourth-order valence-electron chi connectivity index (χ4n) is 1.38. The zero-order valence-electron chi connectivity index (χ0n) is 8.59. The second kappa shape index (κ2) is 5.66. The van der Waals surface area contributed by atoms with Crippen LogP contribution in [0.2, 0.25) is 0 Å². The number of hydrogen-bond donors (Lipinski definition) is 0. The molecule has 0 radical (unpaired) electrons. The number of para-hydroxylation sites is 1. The first-order chi connectivity index (χ1) is 7.11. The molecule has 0 spiro atoms. The lowest BCUT2D eigenvalue weighted by atomic mass is 10.1. The molecule has 1 rings (SSSR count). The summed E-state index contributed by atoms with van der Waals surface area (Å²) in [6, 6.07) is 5.79. The third-order valence-electron chi connectivity index (χ3n) is 2.11. The van der Waals surface area contributed by atoms with Crippen molar-refractivity contribution < 1.29 is 9.53 Å². The predicted octanol–water partition coefficient (Wildman–Crippen LogP) is 3.62. The highest BCUT2D eigenvalue weighted by Crippen LogP contribution is 2.35. The van der Waals surface area contributed by atoms with Gasteiger partial charge in [-0.15, -0.1) is 0 Å². The highest BCUT2D eigenvalue weighted by atomic mass is 79.9. The second-order valence-electron chi connectivity index (χ2n) is 3.15. The van der Waals surface area contributed by atoms with Gasteiger partial charge in [-0.05, 0) is 6.92 Å². The molecule has 0 saturated heterocycles. The molecule has 0 aromatic heterocycles. The molecule has 15 heavy (non-hydrogen) atoms. The standard InChI is InChI=1S/C11H12Br2O2/c1-7(14)10(13)9-5-3-4-8(6-12)11(9)15-2/h3-5,10H,6H2,1-2H3. The van der Waals surface area contributed by atoms with Crippen molar-refractivity contribution >= 4 is 37.6 Å². The summed E-state index contributed by atoms with van der Waals surface area (Å²) in [5.41, 5.74) is 1.92. The third-order valence-corrected chi connectivity index (χ3v) is 3.85. The van der Waals surface area contributed by atoms with Crippen molar-refractivity contribution in [3.63, 3.8) is 0 Å². The summed E-state index contributed by atoms with van der Waals surface area (Å²) in [5, 5.41) is 0.710. The molecule has 0 fully saturated rings. The Balaban J connectivity index is 3.22. The largest absolute Gasteiger partial charge is 0.496 e. The van der Waals surface area contributed by atoms with Gasteiger partial charge >= 0.3 is 0 Å². The minimum atomic E-state index is -0.300. The first-order valence-electron chi connectivity index (χ1n) is 4.48. The fourth-order valence-corrected chi connectivity index (χ4v) is 2.18. The lowest BCUT2D eigenvalue weighted by molar-refractivity contribution is -0.116. The lowest BCUT2D eigenvalue weighted by Crippen LogP contribution is -2.04. The Labute approximate surface area is 106 Å². The van der Waals surface area contributed by atoms with Gasteiger partial charge < -0.3 is 4.74 Å². The Hall–Kier alpha value is -0.350. The molecule has 1 aromatic rings. The number of rotatable bonds is 4. The average molecular weight is 336 g/mol. The van der Waals surface area contributed by atoms with Crippen molar-refractivity contribution in [2.75, 3.05) is 7.11 Å². The zero-order valence-corrected chi connectivity index (χ0v) is 11.8. The molecule has 0 saturated carbocycles. The van der Waals surface area contributed by atoms with E-state index < -0.39 is 0 Å². The molecule has 0 aliphatic heterocycles. The lowest BCUT2D eigenvalue weighted by Gasteiger charge is -2.14. The predicted molar refractivity (Wildman–Crippen MR) is 68.0 cm³/mol. The van der Waals surface area contributed by atoms with Gasteiger partial charge in [0.25, 0.3) is 0 Å². The van der Waals surface area contributed by atoms with E-state index in [-0.39, 0.29) is 10.6 Å². The van der Waals surface area contributed by atoms with Gasteiger partial charge in [-0.25, -0.2) is 0 Å². The number of alkyl halides is 2. The topological polar surface area (TPSA) is 26.3 Å². The SMILES string of the molecule is COc1c(CBr)cccc1C(Br)C(C)=O. The van der Waals surface area contributed by atoms with Crippen LogP contribution in [0.4, 0.5) is 0 Å². The third kappa shape index (κ3) is 2.82. The maximum atomic E-state index is 11.3. The molecule has 82 valence electrons. The number of ketones is 1. The summed E-state index contributed by atoms with van der Waals surface area (Å²) in [7, 11) is 1.62. The molecule has 0 aliphatic rings. The second-order valence-corrected chi connectivity index (χ2v) is 4.62. The van der Waals surface area contributed by atoms with Gasteiger partial charge in [-0.2, -0.15) is 0 Å². The van der Waals surface area contributed by atoms with Crippen LogP contribution in [-0.4, -0.2) is 12.9 Å². The van der Waals surface area contributed by atoms with Crippen molar-refractivity contribution in [1.29, 1.82) is 0 Å². The maximum Gasteiger partial charge on any atom is 0.147 e. The first-order valence-corrected chi connectivity index (χ1v) is 6.51. The van der Waals surface area contributed by atoms with E-state index in [1.165, 1.54) is 0 Å². The number of methoxy groups -OCH3 is 1. The van der Waals surface area contributed by atoms with E-state index >= 15 is 0 Å². The van der Waals surface area contributed by atoms with E-state index in [9.17, 15) is 4.79 Å². The molecule has 1 unspecified atom stereocenters. The maximum absolute atomic E-state index is 11.3. The van der Waals surface area contributed by atoms with E-state index in [4.69, 9.17) is 4.74 Å². The van der Waals surface area contributed by atoms with E-state index in [0.717, 1.165) is 16.9 Å². The molecule has 1 atom stereocenters. The average Bonchev–Trinajstić information content (AvgIpc) is 2.26. The van der Waals surface area contributed by atoms with Crippen molar-refractivity contribution in [3.05, 3.63) is 29.3 Å². The summed E-state index contributed by atoms with van der Waals surface area (Å²) in [6.07, 6.45) is 0. The smallest absolute Gasteiger partial charge is 0.147 e. The number of carbonyl (C=O) groups is 1. The monoisotopic (exact) mass is 334 g/mol. The highest BCUT2D eigenvalue weighted by Gasteiger charge is 2.18. The molecule has 0 aliphatic carbocycles. The van der Waals surface area contributed by atoms with Gasteiger partial charge in [0.05, 0.1) is 7.11 Å². The van der Waals surface area contributed by atoms with Gasteiger partial charge in [-0.3, -0.25) is 4.79 Å². The first kappa shape index (κ1) is 12.7. The van der Waals surface area contributed by atoms with E-state index in [2.05, 4.69) is 31.9 Å². The Morgan fingerprint density at radius 3 is 2.67 bits per heavy atom. The minimum Gasteiger partial charge on any atom is -0.496 e. The van der Waals surface area contributed by atoms with Gasteiger partial charge in [0.2, 0.25) is 0 Å². The van der Waals surface area contributed by atoms with Crippen LogP contribution in [0.3, 0.4) is 0 Å². The van der Waals surface area contributed by atoms with Crippen LogP contribution in [0.5, 0.6) is 5.75 Å². The van der Waals surface area contributed by atoms with Crippen LogP contribution in [0.25, 0.3) is 0 Å². The summed E-state index contributed by atoms with van der Waals surface area (Å²) in [5.74, 6) is 0.839. The number of Topliss-reactive ketones (excluding diaryl/α,β-unsaturated/α-hetero) is 1. The molecule has 0 bridgehead atoms. The molecule has 1 aromatic carbocycles. The summed E-state index contributed by atoms with van der Waals surface area (Å²) >= 11 is 6.75. The number of benzene rings is 1. The van der Waals surface area contributed by atoms with Crippen LogP contribution in [0.15, 0.2) is 18.2 Å². The van der Waals surface area contributed by atoms with Crippen LogP contribution in [0, 0.1) is 0 Å². The van der Waals surface area contributed by atoms with Gasteiger partial charge in [0.15, 0.2) is 0 Å². The Bertz CT molecular complexity index is 364. The molecular weight excluding hydrogens is 324 g/mol. The van der Waals surface area contributed by atoms with E-state index in [1.54, 1.807) is 14.0 Å². The van der Waals surface area contributed by atoms with E-state index in [1.807, 2.05) is 18.2 Å². The van der Waals surface area contributed by atoms with Crippen molar-refractivity contribution in [1.82, 2.24) is 0 Å². The summed E-state index contributed by atoms with van der Waals surface area (Å²) < 4.78 is 5.33. The van der Waals surface area contributed by atoms with Crippen LogP contribution in [0.1, 0.15) is 22.9 Å². The summed E-state index contributed by atoms with van der Waals surface area (Å²) in [6.45, 7) is 1.56. The molecular formula is C11H12Br2O2. The normalized spacial score (nSPS) is 12.3. The number of halogens is 2. The Morgan fingerprint density at radius 1 is 1.53 bits per heavy atom. The van der Waals surface area contributed by atoms with Crippen molar-refractivity contribution in [2.24, 2.45) is 0 Å². The molecule has 0 heterocycles. The van der Waals surface area contributed by atoms with Crippen LogP contribution >= 0.6 is 31.9 Å². The Kier molecular flexibility index (Phi) is 4.80. The molecule has 0 amide bonds. The number of hydrogen-bond acceptors (Lipinski definition) is 2. The fraction of sp³-hybridized carbons (Fsp3) is 0.364. The van der Waals surface area contributed by atoms with Gasteiger partial charge in [0.1, 0.15) is 16.4 Å². The van der Waals surface area contributed by atoms with Gasteiger partial charge in [0, 0.05) is 16.5 Å². The Morgan fingerprint density at radius 2 is 2.20 bits per heavy atom. The highest BCUT2D eigenvalue weighted by molar-refractivity contribution is 9.09. The van der Waals surface area contributed by atoms with Gasteiger partial charge in [-0.1, -0.05) is 50.1 Å². The van der Waals surface area contributed by atoms with E-state index in [0.29, 0.717) is 5.33 Å². The number of carbonyl (C=O) groups excluding carboxylic acids is 1. The molecule has 4 heteroatoms. The van der Waals surface area contributed by atoms with Crippen molar-refractivity contribution in [3.8, 4) is 5.75 Å². The van der Waals surface area contributed by atoms with Crippen molar-refractivity contribution in [2.45, 2.75) is 17.1 Å². The molecule has 2 nitrogen and oxygen atoms in total. The van der Waals surface area contributed by atoms with Crippen LogP contribution < -0.4 is 4.74 Å². The number of ether oxygens (including phenoxy) is 1. The molecule has 0 N–H and O–H groups in total. The quantitative estimate of drug-likeness (QED) is 0.785. The summed E-state index contributed by atoms with van der Waals surface area (Å²) in [4.78, 5) is 11.0. The zero-order chi connectivity index (χ0) is 11.4. The van der Waals surface area contributed by atoms with Crippen LogP contribution in [-0.2, 0) is 10.1 Å².